The highest BCUT2D eigenvalue weighted by Gasteiger charge is 2.61. The molecule has 2 heterocycles. The first-order chi connectivity index (χ1) is 13.7. The van der Waals surface area contributed by atoms with Crippen LogP contribution in [0.15, 0.2) is 79.0 Å². The van der Waals surface area contributed by atoms with Gasteiger partial charge in [-0.3, -0.25) is 9.59 Å². The van der Waals surface area contributed by atoms with Crippen molar-refractivity contribution in [3.05, 3.63) is 95.7 Å². The average Bonchev–Trinajstić information content (AvgIpc) is 3.03. The minimum atomic E-state index is -0.847. The number of aromatic nitrogens is 1. The molecular weight excluding hydrogens is 348 g/mol. The fourth-order valence-corrected chi connectivity index (χ4v) is 5.10. The molecule has 1 N–H and O–H groups in total. The van der Waals surface area contributed by atoms with E-state index in [1.807, 2.05) is 72.8 Å². The Labute approximate surface area is 163 Å². The Morgan fingerprint density at radius 1 is 0.786 bits per heavy atom. The first-order valence-electron chi connectivity index (χ1n) is 9.60. The summed E-state index contributed by atoms with van der Waals surface area (Å²) in [6, 6.07) is 23.7. The summed E-state index contributed by atoms with van der Waals surface area (Å²) in [6.45, 7) is 0. The third-order valence-corrected chi connectivity index (χ3v) is 6.23. The Hall–Kier alpha value is -3.27. The lowest BCUT2D eigenvalue weighted by Crippen LogP contribution is -2.50. The predicted molar refractivity (Wildman–Crippen MR) is 107 cm³/mol. The summed E-state index contributed by atoms with van der Waals surface area (Å²) >= 11 is 0. The third-order valence-electron chi connectivity index (χ3n) is 6.23. The Kier molecular flexibility index (Phi) is 3.86. The number of nitrogens with one attached hydrogen (secondary N) is 1. The molecule has 2 unspecified atom stereocenters. The van der Waals surface area contributed by atoms with E-state index in [-0.39, 0.29) is 23.5 Å². The van der Waals surface area contributed by atoms with E-state index in [2.05, 4.69) is 10.3 Å². The van der Waals surface area contributed by atoms with Crippen molar-refractivity contribution >= 4 is 17.5 Å². The molecule has 28 heavy (non-hydrogen) atoms. The van der Waals surface area contributed by atoms with Gasteiger partial charge in [-0.1, -0.05) is 66.7 Å². The van der Waals surface area contributed by atoms with Crippen LogP contribution in [-0.2, 0) is 15.0 Å². The van der Waals surface area contributed by atoms with Crippen molar-refractivity contribution in [2.75, 3.05) is 5.32 Å². The highest BCUT2D eigenvalue weighted by atomic mass is 16.2. The number of benzene rings is 2. The van der Waals surface area contributed by atoms with Crippen LogP contribution in [0.25, 0.3) is 0 Å². The quantitative estimate of drug-likeness (QED) is 0.737. The minimum absolute atomic E-state index is 0.0589. The second-order valence-electron chi connectivity index (χ2n) is 7.60. The number of ketones is 1. The first kappa shape index (κ1) is 16.9. The normalized spacial score (nSPS) is 26.1. The van der Waals surface area contributed by atoms with Gasteiger partial charge in [-0.2, -0.15) is 0 Å². The fourth-order valence-electron chi connectivity index (χ4n) is 5.10. The van der Waals surface area contributed by atoms with Crippen LogP contribution in [-0.4, -0.2) is 16.7 Å². The van der Waals surface area contributed by atoms with Crippen molar-refractivity contribution in [2.24, 2.45) is 0 Å². The van der Waals surface area contributed by atoms with Crippen LogP contribution in [0.2, 0.25) is 0 Å². The van der Waals surface area contributed by atoms with E-state index in [4.69, 9.17) is 0 Å². The standard InChI is InChI=1S/C24H20N2O2/c27-18-14-20(16-8-3-1-4-9-16)24(21(15-18)17-10-5-2-6-11-17)19-12-7-13-25-22(19)26-23(24)28/h1-13,20-21H,14-15H2,(H,25,26,28). The van der Waals surface area contributed by atoms with Crippen molar-refractivity contribution in [1.82, 2.24) is 4.98 Å². The van der Waals surface area contributed by atoms with Crippen LogP contribution >= 0.6 is 0 Å². The minimum Gasteiger partial charge on any atom is -0.310 e. The van der Waals surface area contributed by atoms with Gasteiger partial charge < -0.3 is 5.32 Å². The lowest BCUT2D eigenvalue weighted by atomic mass is 9.54. The van der Waals surface area contributed by atoms with Crippen molar-refractivity contribution < 1.29 is 9.59 Å². The van der Waals surface area contributed by atoms with Crippen molar-refractivity contribution in [3.8, 4) is 0 Å². The summed E-state index contributed by atoms with van der Waals surface area (Å²) in [5.74, 6) is 0.287. The summed E-state index contributed by atoms with van der Waals surface area (Å²) in [5, 5.41) is 3.01. The Balaban J connectivity index is 1.80. The van der Waals surface area contributed by atoms with E-state index < -0.39 is 5.41 Å². The molecule has 1 aromatic heterocycles. The number of nitrogens with zero attached hydrogens (tertiary/aromatic N) is 1. The molecule has 2 aliphatic rings. The molecular formula is C24H20N2O2. The molecule has 2 aromatic carbocycles. The van der Waals surface area contributed by atoms with Crippen LogP contribution < -0.4 is 5.32 Å². The first-order valence-corrected chi connectivity index (χ1v) is 9.60. The van der Waals surface area contributed by atoms with Crippen LogP contribution in [0.3, 0.4) is 0 Å². The van der Waals surface area contributed by atoms with Gasteiger partial charge in [0, 0.05) is 36.4 Å². The van der Waals surface area contributed by atoms with Crippen molar-refractivity contribution in [3.63, 3.8) is 0 Å². The summed E-state index contributed by atoms with van der Waals surface area (Å²) in [6.07, 6.45) is 2.41. The summed E-state index contributed by atoms with van der Waals surface area (Å²) in [4.78, 5) is 30.9. The van der Waals surface area contributed by atoms with E-state index in [9.17, 15) is 9.59 Å². The monoisotopic (exact) mass is 368 g/mol. The molecule has 1 spiro atoms. The molecule has 0 saturated heterocycles. The number of carbonyl (C=O) groups is 2. The molecule has 1 amide bonds. The maximum absolute atomic E-state index is 13.6. The number of hydrogen-bond donors (Lipinski definition) is 1. The van der Waals surface area contributed by atoms with Gasteiger partial charge in [-0.05, 0) is 17.2 Å². The van der Waals surface area contributed by atoms with Gasteiger partial charge >= 0.3 is 0 Å². The topological polar surface area (TPSA) is 59.1 Å². The number of fused-ring (bicyclic) bond motifs is 2. The smallest absolute Gasteiger partial charge is 0.237 e. The van der Waals surface area contributed by atoms with Crippen molar-refractivity contribution in [2.45, 2.75) is 30.1 Å². The van der Waals surface area contributed by atoms with E-state index in [0.29, 0.717) is 18.7 Å². The number of anilines is 1. The second kappa shape index (κ2) is 6.41. The highest BCUT2D eigenvalue weighted by Crippen LogP contribution is 2.59. The van der Waals surface area contributed by atoms with Gasteiger partial charge in [-0.25, -0.2) is 4.98 Å². The van der Waals surface area contributed by atoms with Crippen LogP contribution in [0.4, 0.5) is 5.82 Å². The van der Waals surface area contributed by atoms with Gasteiger partial charge in [0.2, 0.25) is 5.91 Å². The molecule has 0 bridgehead atoms. The Morgan fingerprint density at radius 3 is 1.93 bits per heavy atom. The number of hydrogen-bond acceptors (Lipinski definition) is 3. The Morgan fingerprint density at radius 2 is 1.36 bits per heavy atom. The number of rotatable bonds is 2. The molecule has 0 radical (unpaired) electrons. The van der Waals surface area contributed by atoms with Crippen LogP contribution in [0.5, 0.6) is 0 Å². The average molecular weight is 368 g/mol. The van der Waals surface area contributed by atoms with E-state index in [1.54, 1.807) is 6.20 Å². The lowest BCUT2D eigenvalue weighted by molar-refractivity contribution is -0.128. The largest absolute Gasteiger partial charge is 0.310 e. The van der Waals surface area contributed by atoms with Crippen LogP contribution in [0.1, 0.15) is 41.4 Å². The Bertz CT molecular complexity index is 995. The molecule has 4 heteroatoms. The zero-order chi connectivity index (χ0) is 19.1. The van der Waals surface area contributed by atoms with Gasteiger partial charge in [0.15, 0.2) is 0 Å². The van der Waals surface area contributed by atoms with E-state index >= 15 is 0 Å². The van der Waals surface area contributed by atoms with E-state index in [1.165, 1.54) is 0 Å². The summed E-state index contributed by atoms with van der Waals surface area (Å²) in [5.41, 5.74) is 2.09. The van der Waals surface area contributed by atoms with Crippen molar-refractivity contribution in [1.29, 1.82) is 0 Å². The zero-order valence-corrected chi connectivity index (χ0v) is 15.3. The lowest BCUT2D eigenvalue weighted by Gasteiger charge is -2.45. The van der Waals surface area contributed by atoms with Gasteiger partial charge in [0.25, 0.3) is 0 Å². The number of pyridine rings is 1. The third kappa shape index (κ3) is 2.34. The van der Waals surface area contributed by atoms with Gasteiger partial charge in [-0.15, -0.1) is 0 Å². The number of carbonyl (C=O) groups excluding carboxylic acids is 2. The molecule has 1 saturated carbocycles. The molecule has 138 valence electrons. The highest BCUT2D eigenvalue weighted by molar-refractivity contribution is 6.08. The van der Waals surface area contributed by atoms with E-state index in [0.717, 1.165) is 16.7 Å². The molecule has 1 fully saturated rings. The van der Waals surface area contributed by atoms with Gasteiger partial charge in [0.05, 0.1) is 5.41 Å². The fraction of sp³-hybridized carbons (Fsp3) is 0.208. The number of amides is 1. The summed E-state index contributed by atoms with van der Waals surface area (Å²) in [7, 11) is 0. The predicted octanol–water partition coefficient (Wildman–Crippen LogP) is 4.20. The molecule has 4 nitrogen and oxygen atoms in total. The molecule has 2 atom stereocenters. The van der Waals surface area contributed by atoms with Crippen LogP contribution in [0, 0.1) is 0 Å². The SMILES string of the molecule is O=C1CC(c2ccccc2)C2(C(=O)Nc3ncccc32)C(c2ccccc2)C1. The number of Topliss-reactive ketones (excluding diaryl/α,β-unsaturated/α-hetero) is 1. The maximum atomic E-state index is 13.6. The molecule has 5 rings (SSSR count). The van der Waals surface area contributed by atoms with Gasteiger partial charge in [0.1, 0.15) is 11.6 Å². The molecule has 1 aliphatic heterocycles. The second-order valence-corrected chi connectivity index (χ2v) is 7.60. The molecule has 1 aliphatic carbocycles. The summed E-state index contributed by atoms with van der Waals surface area (Å²) < 4.78 is 0. The maximum Gasteiger partial charge on any atom is 0.237 e. The zero-order valence-electron chi connectivity index (χ0n) is 15.3. The molecule has 3 aromatic rings.